The average molecular weight is 345 g/mol. The molecule has 0 unspecified atom stereocenters. The third-order valence-corrected chi connectivity index (χ3v) is 4.52. The van der Waals surface area contributed by atoms with Gasteiger partial charge in [0.1, 0.15) is 5.82 Å². The van der Waals surface area contributed by atoms with Crippen LogP contribution in [0.4, 0.5) is 17.2 Å². The summed E-state index contributed by atoms with van der Waals surface area (Å²) in [5.41, 5.74) is 6.98. The zero-order valence-electron chi connectivity index (χ0n) is 15.6. The Balaban J connectivity index is 1.71. The Kier molecular flexibility index (Phi) is 5.03. The third kappa shape index (κ3) is 3.91. The molecule has 1 heterocycles. The summed E-state index contributed by atoms with van der Waals surface area (Å²) in [4.78, 5) is 16.8. The maximum atomic E-state index is 12.4. The van der Waals surface area contributed by atoms with Crippen LogP contribution in [0.15, 0.2) is 54.7 Å². The van der Waals surface area contributed by atoms with E-state index in [0.717, 1.165) is 17.1 Å². The number of aromatic nitrogens is 1. The lowest BCUT2D eigenvalue weighted by atomic mass is 10.1. The molecule has 0 aliphatic carbocycles. The Hall–Kier alpha value is -3.14. The second-order valence-electron chi connectivity index (χ2n) is 6.58. The Labute approximate surface area is 154 Å². The highest BCUT2D eigenvalue weighted by Crippen LogP contribution is 2.23. The van der Waals surface area contributed by atoms with Gasteiger partial charge in [-0.3, -0.25) is 4.79 Å². The molecule has 26 heavy (non-hydrogen) atoms. The van der Waals surface area contributed by atoms with Gasteiger partial charge in [-0.2, -0.15) is 0 Å². The maximum Gasteiger partial charge on any atom is 0.255 e. The molecule has 2 N–H and O–H groups in total. The lowest BCUT2D eigenvalue weighted by molar-refractivity contribution is 0.102. The van der Waals surface area contributed by atoms with E-state index in [1.54, 1.807) is 6.20 Å². The molecule has 1 aromatic heterocycles. The molecule has 0 saturated carbocycles. The van der Waals surface area contributed by atoms with Crippen molar-refractivity contribution in [1.29, 1.82) is 0 Å². The van der Waals surface area contributed by atoms with Crippen LogP contribution in [-0.4, -0.2) is 10.9 Å². The number of pyridine rings is 1. The van der Waals surface area contributed by atoms with Gasteiger partial charge in [-0.25, -0.2) is 4.98 Å². The minimum atomic E-state index is -0.134. The molecule has 132 valence electrons. The molecule has 3 rings (SSSR count). The van der Waals surface area contributed by atoms with Crippen molar-refractivity contribution in [2.45, 2.75) is 27.7 Å². The van der Waals surface area contributed by atoms with Crippen LogP contribution in [0.2, 0.25) is 0 Å². The Morgan fingerprint density at radius 2 is 1.58 bits per heavy atom. The fourth-order valence-corrected chi connectivity index (χ4v) is 2.77. The summed E-state index contributed by atoms with van der Waals surface area (Å²) in [6, 6.07) is 15.6. The standard InChI is InChI=1S/C22H23N3O/c1-14-8-9-18(12-17(14)4)22(26)24-19-10-11-20(23-13-19)25-21-15(2)6-5-7-16(21)3/h5-13H,1-4H3,(H,23,25)(H,24,26). The topological polar surface area (TPSA) is 54.0 Å². The van der Waals surface area contributed by atoms with Gasteiger partial charge in [0.05, 0.1) is 11.9 Å². The highest BCUT2D eigenvalue weighted by atomic mass is 16.1. The van der Waals surface area contributed by atoms with Crippen LogP contribution in [0.5, 0.6) is 0 Å². The Bertz CT molecular complexity index is 926. The second kappa shape index (κ2) is 7.40. The molecule has 0 radical (unpaired) electrons. The van der Waals surface area contributed by atoms with Gasteiger partial charge in [-0.1, -0.05) is 24.3 Å². The Morgan fingerprint density at radius 1 is 0.846 bits per heavy atom. The van der Waals surface area contributed by atoms with Crippen LogP contribution < -0.4 is 10.6 Å². The lowest BCUT2D eigenvalue weighted by Gasteiger charge is -2.12. The molecule has 0 bridgehead atoms. The lowest BCUT2D eigenvalue weighted by Crippen LogP contribution is -2.12. The van der Waals surface area contributed by atoms with Gasteiger partial charge in [0.25, 0.3) is 5.91 Å². The van der Waals surface area contributed by atoms with Gasteiger partial charge in [0, 0.05) is 11.3 Å². The number of carbonyl (C=O) groups excluding carboxylic acids is 1. The first-order valence-electron chi connectivity index (χ1n) is 8.62. The molecule has 0 aliphatic heterocycles. The molecule has 3 aromatic rings. The highest BCUT2D eigenvalue weighted by molar-refractivity contribution is 6.04. The van der Waals surface area contributed by atoms with Crippen molar-refractivity contribution >= 4 is 23.1 Å². The molecule has 4 heteroatoms. The number of benzene rings is 2. The smallest absolute Gasteiger partial charge is 0.255 e. The minimum Gasteiger partial charge on any atom is -0.340 e. The minimum absolute atomic E-state index is 0.134. The van der Waals surface area contributed by atoms with Crippen LogP contribution in [-0.2, 0) is 0 Å². The number of aryl methyl sites for hydroxylation is 4. The second-order valence-corrected chi connectivity index (χ2v) is 6.58. The number of amides is 1. The van der Waals surface area contributed by atoms with Crippen molar-refractivity contribution in [2.75, 3.05) is 10.6 Å². The van der Waals surface area contributed by atoms with Crippen molar-refractivity contribution in [1.82, 2.24) is 4.98 Å². The fraction of sp³-hybridized carbons (Fsp3) is 0.182. The van der Waals surface area contributed by atoms with E-state index in [0.29, 0.717) is 11.3 Å². The molecule has 0 spiro atoms. The van der Waals surface area contributed by atoms with Crippen LogP contribution in [0, 0.1) is 27.7 Å². The van der Waals surface area contributed by atoms with Crippen molar-refractivity contribution in [2.24, 2.45) is 0 Å². The van der Waals surface area contributed by atoms with E-state index in [1.807, 2.05) is 50.2 Å². The van der Waals surface area contributed by atoms with Crippen molar-refractivity contribution < 1.29 is 4.79 Å². The maximum absolute atomic E-state index is 12.4. The first kappa shape index (κ1) is 17.7. The monoisotopic (exact) mass is 345 g/mol. The van der Waals surface area contributed by atoms with Gasteiger partial charge in [-0.15, -0.1) is 0 Å². The summed E-state index contributed by atoms with van der Waals surface area (Å²) in [7, 11) is 0. The molecular formula is C22H23N3O. The summed E-state index contributed by atoms with van der Waals surface area (Å²) in [5.74, 6) is 0.608. The third-order valence-electron chi connectivity index (χ3n) is 4.52. The first-order valence-corrected chi connectivity index (χ1v) is 8.62. The largest absolute Gasteiger partial charge is 0.340 e. The number of nitrogens with zero attached hydrogens (tertiary/aromatic N) is 1. The van der Waals surface area contributed by atoms with E-state index in [4.69, 9.17) is 0 Å². The molecule has 1 amide bonds. The van der Waals surface area contributed by atoms with Gasteiger partial charge < -0.3 is 10.6 Å². The van der Waals surface area contributed by atoms with E-state index in [2.05, 4.69) is 41.6 Å². The van der Waals surface area contributed by atoms with E-state index in [9.17, 15) is 4.79 Å². The van der Waals surface area contributed by atoms with Gasteiger partial charge in [0.15, 0.2) is 0 Å². The predicted molar refractivity (Wildman–Crippen MR) is 107 cm³/mol. The van der Waals surface area contributed by atoms with Crippen LogP contribution in [0.1, 0.15) is 32.6 Å². The molecule has 0 atom stereocenters. The van der Waals surface area contributed by atoms with Gasteiger partial charge >= 0.3 is 0 Å². The highest BCUT2D eigenvalue weighted by Gasteiger charge is 2.08. The summed E-state index contributed by atoms with van der Waals surface area (Å²) >= 11 is 0. The first-order chi connectivity index (χ1) is 12.4. The molecule has 0 aliphatic rings. The quantitative estimate of drug-likeness (QED) is 0.673. The van der Waals surface area contributed by atoms with Crippen LogP contribution >= 0.6 is 0 Å². The summed E-state index contributed by atoms with van der Waals surface area (Å²) in [6.07, 6.45) is 1.66. The van der Waals surface area contributed by atoms with Crippen molar-refractivity contribution in [3.63, 3.8) is 0 Å². The molecule has 0 fully saturated rings. The van der Waals surface area contributed by atoms with Crippen LogP contribution in [0.3, 0.4) is 0 Å². The average Bonchev–Trinajstić information content (AvgIpc) is 2.62. The van der Waals surface area contributed by atoms with Gasteiger partial charge in [0.2, 0.25) is 0 Å². The fourth-order valence-electron chi connectivity index (χ4n) is 2.77. The Morgan fingerprint density at radius 3 is 2.19 bits per heavy atom. The summed E-state index contributed by atoms with van der Waals surface area (Å²) in [6.45, 7) is 8.16. The summed E-state index contributed by atoms with van der Waals surface area (Å²) in [5, 5.41) is 6.23. The number of para-hydroxylation sites is 1. The molecular weight excluding hydrogens is 322 g/mol. The number of hydrogen-bond acceptors (Lipinski definition) is 3. The van der Waals surface area contributed by atoms with E-state index in [-0.39, 0.29) is 5.91 Å². The zero-order valence-corrected chi connectivity index (χ0v) is 15.6. The van der Waals surface area contributed by atoms with E-state index in [1.165, 1.54) is 16.7 Å². The summed E-state index contributed by atoms with van der Waals surface area (Å²) < 4.78 is 0. The number of rotatable bonds is 4. The van der Waals surface area contributed by atoms with Crippen molar-refractivity contribution in [3.8, 4) is 0 Å². The van der Waals surface area contributed by atoms with Gasteiger partial charge in [-0.05, 0) is 74.2 Å². The normalized spacial score (nSPS) is 10.5. The molecule has 2 aromatic carbocycles. The molecule has 0 saturated heterocycles. The number of hydrogen-bond donors (Lipinski definition) is 2. The van der Waals surface area contributed by atoms with E-state index < -0.39 is 0 Å². The van der Waals surface area contributed by atoms with E-state index >= 15 is 0 Å². The predicted octanol–water partition coefficient (Wildman–Crippen LogP) is 5.31. The number of nitrogens with one attached hydrogen (secondary N) is 2. The molecule has 4 nitrogen and oxygen atoms in total. The number of carbonyl (C=O) groups is 1. The van der Waals surface area contributed by atoms with Crippen LogP contribution in [0.25, 0.3) is 0 Å². The number of anilines is 3. The zero-order chi connectivity index (χ0) is 18.7. The van der Waals surface area contributed by atoms with Crippen molar-refractivity contribution in [3.05, 3.63) is 82.5 Å². The SMILES string of the molecule is Cc1ccc(C(=O)Nc2ccc(Nc3c(C)cccc3C)nc2)cc1C.